The number of aryl methyl sites for hydroxylation is 1. The Morgan fingerprint density at radius 2 is 1.54 bits per heavy atom. The molecule has 0 aromatic heterocycles. The molecule has 4 fully saturated rings. The first-order valence-electron chi connectivity index (χ1n) is 9.46. The fraction of sp³-hybridized carbons (Fsp3) is 0.571. The summed E-state index contributed by atoms with van der Waals surface area (Å²) in [6.07, 6.45) is 11.0. The van der Waals surface area contributed by atoms with Gasteiger partial charge in [-0.25, -0.2) is 0 Å². The largest absolute Gasteiger partial charge is 0.352 e. The van der Waals surface area contributed by atoms with Gasteiger partial charge in [-0.2, -0.15) is 0 Å². The lowest BCUT2D eigenvalue weighted by Crippen LogP contribution is -2.53. The first kappa shape index (κ1) is 14.9. The van der Waals surface area contributed by atoms with Gasteiger partial charge in [0.15, 0.2) is 5.11 Å². The van der Waals surface area contributed by atoms with Crippen LogP contribution in [0.5, 0.6) is 0 Å². The first-order chi connectivity index (χ1) is 11.6. The van der Waals surface area contributed by atoms with Gasteiger partial charge in [0.1, 0.15) is 0 Å². The maximum atomic E-state index is 5.58. The molecule has 24 heavy (non-hydrogen) atoms. The molecule has 2 N–H and O–H groups in total. The van der Waals surface area contributed by atoms with E-state index < -0.39 is 0 Å². The van der Waals surface area contributed by atoms with E-state index in [9.17, 15) is 0 Å². The van der Waals surface area contributed by atoms with E-state index in [1.165, 1.54) is 55.3 Å². The molecular weight excluding hydrogens is 312 g/mol. The Bertz CT molecular complexity index is 668. The Morgan fingerprint density at radius 1 is 0.958 bits per heavy atom. The molecule has 0 spiro atoms. The Labute approximate surface area is 150 Å². The molecule has 0 saturated heterocycles. The van der Waals surface area contributed by atoms with E-state index in [1.807, 2.05) is 0 Å². The minimum atomic E-state index is 0.211. The lowest BCUT2D eigenvalue weighted by Gasteiger charge is -2.58. The number of thiocarbonyl (C=S) groups is 1. The lowest BCUT2D eigenvalue weighted by atomic mass is 9.48. The highest BCUT2D eigenvalue weighted by Crippen LogP contribution is 2.62. The summed E-state index contributed by atoms with van der Waals surface area (Å²) in [6, 6.07) is 9.06. The van der Waals surface area contributed by atoms with Gasteiger partial charge in [0.05, 0.1) is 6.04 Å². The van der Waals surface area contributed by atoms with Gasteiger partial charge in [-0.1, -0.05) is 29.8 Å². The van der Waals surface area contributed by atoms with Crippen LogP contribution in [0.1, 0.15) is 55.7 Å². The molecule has 4 bridgehead atoms. The van der Waals surface area contributed by atoms with E-state index >= 15 is 0 Å². The van der Waals surface area contributed by atoms with E-state index in [1.54, 1.807) is 0 Å². The molecule has 6 rings (SSSR count). The van der Waals surface area contributed by atoms with Gasteiger partial charge in [-0.15, -0.1) is 0 Å². The van der Waals surface area contributed by atoms with E-state index in [-0.39, 0.29) is 6.04 Å². The highest BCUT2D eigenvalue weighted by Gasteiger charge is 2.53. The fourth-order valence-corrected chi connectivity index (χ4v) is 6.49. The smallest absolute Gasteiger partial charge is 0.171 e. The van der Waals surface area contributed by atoms with Crippen molar-refractivity contribution in [1.82, 2.24) is 10.6 Å². The molecule has 1 aromatic rings. The van der Waals surface area contributed by atoms with Crippen LogP contribution < -0.4 is 10.6 Å². The van der Waals surface area contributed by atoms with Gasteiger partial charge in [-0.3, -0.25) is 0 Å². The number of hydrogen-bond donors (Lipinski definition) is 2. The number of allylic oxidation sites excluding steroid dienone is 1. The minimum absolute atomic E-state index is 0.211. The topological polar surface area (TPSA) is 24.1 Å². The zero-order chi connectivity index (χ0) is 16.3. The van der Waals surface area contributed by atoms with Crippen molar-refractivity contribution in [3.05, 3.63) is 47.2 Å². The highest BCUT2D eigenvalue weighted by atomic mass is 32.1. The quantitative estimate of drug-likeness (QED) is 0.770. The molecule has 1 unspecified atom stereocenters. The Hall–Kier alpha value is -1.35. The second kappa shape index (κ2) is 5.32. The molecule has 4 aliphatic carbocycles. The van der Waals surface area contributed by atoms with Crippen LogP contribution in [-0.2, 0) is 0 Å². The molecule has 3 heteroatoms. The van der Waals surface area contributed by atoms with Crippen LogP contribution in [0.3, 0.4) is 0 Å². The van der Waals surface area contributed by atoms with Crippen molar-refractivity contribution in [2.45, 2.75) is 51.5 Å². The molecule has 1 heterocycles. The zero-order valence-electron chi connectivity index (χ0n) is 14.3. The molecule has 126 valence electrons. The molecule has 1 atom stereocenters. The standard InChI is InChI=1S/C21H26N2S/c1-13-2-4-17(5-3-13)18-9-19(23-20(24)22-18)21-10-14-6-15(11-21)8-16(7-14)12-21/h2-5,9,14-16,18H,6-8,10-12H2,1H3,(H2,22,23,24). The third-order valence-corrected chi connectivity index (χ3v) is 7.13. The summed E-state index contributed by atoms with van der Waals surface area (Å²) in [7, 11) is 0. The van der Waals surface area contributed by atoms with E-state index in [4.69, 9.17) is 12.2 Å². The summed E-state index contributed by atoms with van der Waals surface area (Å²) < 4.78 is 0. The maximum absolute atomic E-state index is 5.58. The molecule has 0 radical (unpaired) electrons. The van der Waals surface area contributed by atoms with Crippen LogP contribution in [0.25, 0.3) is 0 Å². The predicted molar refractivity (Wildman–Crippen MR) is 101 cm³/mol. The van der Waals surface area contributed by atoms with Crippen LogP contribution in [-0.4, -0.2) is 5.11 Å². The summed E-state index contributed by atoms with van der Waals surface area (Å²) in [5, 5.41) is 7.82. The Balaban J connectivity index is 1.50. The van der Waals surface area contributed by atoms with Crippen LogP contribution in [0.4, 0.5) is 0 Å². The fourth-order valence-electron chi connectivity index (χ4n) is 6.25. The van der Waals surface area contributed by atoms with Crippen LogP contribution in [0.15, 0.2) is 36.0 Å². The van der Waals surface area contributed by atoms with Crippen molar-refractivity contribution in [3.63, 3.8) is 0 Å². The molecule has 1 aliphatic heterocycles. The van der Waals surface area contributed by atoms with Crippen LogP contribution >= 0.6 is 12.2 Å². The van der Waals surface area contributed by atoms with Gasteiger partial charge in [-0.05, 0) is 87.1 Å². The predicted octanol–water partition coefficient (Wildman–Crippen LogP) is 4.61. The summed E-state index contributed by atoms with van der Waals surface area (Å²) in [5.41, 5.74) is 4.42. The molecule has 5 aliphatic rings. The van der Waals surface area contributed by atoms with E-state index in [0.717, 1.165) is 22.9 Å². The highest BCUT2D eigenvalue weighted by molar-refractivity contribution is 7.80. The Kier molecular flexibility index (Phi) is 3.31. The molecule has 2 nitrogen and oxygen atoms in total. The van der Waals surface area contributed by atoms with E-state index in [0.29, 0.717) is 5.41 Å². The van der Waals surface area contributed by atoms with Crippen molar-refractivity contribution in [2.75, 3.05) is 0 Å². The first-order valence-corrected chi connectivity index (χ1v) is 9.87. The normalized spacial score (nSPS) is 40.0. The van der Waals surface area contributed by atoms with Crippen molar-refractivity contribution in [3.8, 4) is 0 Å². The number of nitrogens with one attached hydrogen (secondary N) is 2. The second-order valence-electron chi connectivity index (χ2n) is 8.77. The zero-order valence-corrected chi connectivity index (χ0v) is 15.2. The van der Waals surface area contributed by atoms with Crippen molar-refractivity contribution >= 4 is 17.3 Å². The van der Waals surface area contributed by atoms with Gasteiger partial charge < -0.3 is 10.6 Å². The summed E-state index contributed by atoms with van der Waals surface area (Å²) >= 11 is 5.58. The molecular formula is C21H26N2S. The van der Waals surface area contributed by atoms with Crippen LogP contribution in [0, 0.1) is 30.1 Å². The number of hydrogen-bond acceptors (Lipinski definition) is 1. The average Bonchev–Trinajstić information content (AvgIpc) is 2.54. The van der Waals surface area contributed by atoms with Gasteiger partial charge >= 0.3 is 0 Å². The molecule has 4 saturated carbocycles. The lowest BCUT2D eigenvalue weighted by molar-refractivity contribution is -0.0331. The SMILES string of the molecule is Cc1ccc(C2C=C(C34CC5CC(CC(C5)C3)C4)NC(=S)N2)cc1. The third-order valence-electron chi connectivity index (χ3n) is 6.91. The molecule has 1 aromatic carbocycles. The summed E-state index contributed by atoms with van der Waals surface area (Å²) in [5.74, 6) is 2.88. The van der Waals surface area contributed by atoms with Gasteiger partial charge in [0, 0.05) is 11.1 Å². The van der Waals surface area contributed by atoms with Gasteiger partial charge in [0.2, 0.25) is 0 Å². The van der Waals surface area contributed by atoms with Crippen molar-refractivity contribution < 1.29 is 0 Å². The summed E-state index contributed by atoms with van der Waals surface area (Å²) in [6.45, 7) is 2.14. The van der Waals surface area contributed by atoms with Gasteiger partial charge in [0.25, 0.3) is 0 Å². The minimum Gasteiger partial charge on any atom is -0.352 e. The van der Waals surface area contributed by atoms with Crippen molar-refractivity contribution in [1.29, 1.82) is 0 Å². The summed E-state index contributed by atoms with van der Waals surface area (Å²) in [4.78, 5) is 0. The average molecular weight is 339 g/mol. The Morgan fingerprint density at radius 3 is 2.12 bits per heavy atom. The number of rotatable bonds is 2. The number of benzene rings is 1. The second-order valence-corrected chi connectivity index (χ2v) is 9.17. The van der Waals surface area contributed by atoms with Crippen LogP contribution in [0.2, 0.25) is 0 Å². The monoisotopic (exact) mass is 338 g/mol. The maximum Gasteiger partial charge on any atom is 0.171 e. The molecule has 0 amide bonds. The third kappa shape index (κ3) is 2.40. The van der Waals surface area contributed by atoms with Crippen molar-refractivity contribution in [2.24, 2.45) is 23.2 Å². The van der Waals surface area contributed by atoms with E-state index in [2.05, 4.69) is 47.9 Å².